The topological polar surface area (TPSA) is 67.9 Å². The summed E-state index contributed by atoms with van der Waals surface area (Å²) in [4.78, 5) is 14.2. The lowest BCUT2D eigenvalue weighted by molar-refractivity contribution is 0.836. The first-order chi connectivity index (χ1) is 8.68. The summed E-state index contributed by atoms with van der Waals surface area (Å²) in [6, 6.07) is 5.86. The van der Waals surface area contributed by atoms with Crippen molar-refractivity contribution in [3.63, 3.8) is 0 Å². The molecule has 0 fully saturated rings. The van der Waals surface area contributed by atoms with Crippen molar-refractivity contribution in [2.45, 2.75) is 6.42 Å². The van der Waals surface area contributed by atoms with Gasteiger partial charge in [-0.05, 0) is 12.1 Å². The highest BCUT2D eigenvalue weighted by Gasteiger charge is 2.11. The summed E-state index contributed by atoms with van der Waals surface area (Å²) in [6.07, 6.45) is 4.01. The van der Waals surface area contributed by atoms with E-state index in [1.54, 1.807) is 6.20 Å². The highest BCUT2D eigenvalue weighted by atomic mass is 35.5. The Morgan fingerprint density at radius 3 is 2.83 bits per heavy atom. The predicted octanol–water partition coefficient (Wildman–Crippen LogP) is 1.79. The standard InChI is InChI=1S/C12H14ClN5/c1-18(7-5-9-4-2-3-6-15-9)12-10(13)11(14)16-8-17-12/h2-4,6,8H,5,7H2,1H3,(H2,14,16,17). The van der Waals surface area contributed by atoms with E-state index in [0.717, 1.165) is 18.7 Å². The van der Waals surface area contributed by atoms with Crippen LogP contribution in [0.2, 0.25) is 5.02 Å². The summed E-state index contributed by atoms with van der Waals surface area (Å²) in [6.45, 7) is 0.757. The number of nitrogen functional groups attached to an aromatic ring is 1. The molecule has 0 aliphatic carbocycles. The van der Waals surface area contributed by atoms with Crippen molar-refractivity contribution in [1.29, 1.82) is 0 Å². The zero-order valence-electron chi connectivity index (χ0n) is 10.0. The molecule has 0 saturated heterocycles. The van der Waals surface area contributed by atoms with E-state index >= 15 is 0 Å². The van der Waals surface area contributed by atoms with Gasteiger partial charge in [-0.1, -0.05) is 17.7 Å². The number of halogens is 1. The first kappa shape index (κ1) is 12.6. The Bertz CT molecular complexity index is 517. The number of likely N-dealkylation sites (N-methyl/N-ethyl adjacent to an activating group) is 1. The molecule has 0 amide bonds. The van der Waals surface area contributed by atoms with E-state index in [-0.39, 0.29) is 0 Å². The average Bonchev–Trinajstić information content (AvgIpc) is 2.40. The molecule has 0 unspecified atom stereocenters. The van der Waals surface area contributed by atoms with Crippen molar-refractivity contribution in [2.75, 3.05) is 24.2 Å². The van der Waals surface area contributed by atoms with Crippen molar-refractivity contribution < 1.29 is 0 Å². The normalized spacial score (nSPS) is 10.3. The Morgan fingerprint density at radius 1 is 1.28 bits per heavy atom. The summed E-state index contributed by atoms with van der Waals surface area (Å²) in [5.41, 5.74) is 6.67. The van der Waals surface area contributed by atoms with Gasteiger partial charge in [0.1, 0.15) is 17.2 Å². The lowest BCUT2D eigenvalue weighted by Crippen LogP contribution is -2.22. The summed E-state index contributed by atoms with van der Waals surface area (Å²) in [5, 5.41) is 0.390. The number of pyridine rings is 1. The Morgan fingerprint density at radius 2 is 2.11 bits per heavy atom. The van der Waals surface area contributed by atoms with Gasteiger partial charge in [0.15, 0.2) is 5.82 Å². The van der Waals surface area contributed by atoms with E-state index in [2.05, 4.69) is 15.0 Å². The third kappa shape index (κ3) is 2.87. The third-order valence-corrected chi connectivity index (χ3v) is 2.95. The van der Waals surface area contributed by atoms with Crippen LogP contribution >= 0.6 is 11.6 Å². The lowest BCUT2D eigenvalue weighted by Gasteiger charge is -2.19. The molecule has 0 bridgehead atoms. The highest BCUT2D eigenvalue weighted by molar-refractivity contribution is 6.35. The lowest BCUT2D eigenvalue weighted by atomic mass is 10.2. The van der Waals surface area contributed by atoms with E-state index in [1.165, 1.54) is 6.33 Å². The van der Waals surface area contributed by atoms with Crippen LogP contribution in [0.25, 0.3) is 0 Å². The van der Waals surface area contributed by atoms with Crippen molar-refractivity contribution in [3.05, 3.63) is 41.4 Å². The van der Waals surface area contributed by atoms with Gasteiger partial charge in [0.05, 0.1) is 0 Å². The van der Waals surface area contributed by atoms with Gasteiger partial charge >= 0.3 is 0 Å². The first-order valence-electron chi connectivity index (χ1n) is 5.55. The monoisotopic (exact) mass is 263 g/mol. The number of nitrogens with zero attached hydrogens (tertiary/aromatic N) is 4. The second kappa shape index (κ2) is 5.64. The molecule has 0 aromatic carbocycles. The van der Waals surface area contributed by atoms with E-state index in [4.69, 9.17) is 17.3 Å². The van der Waals surface area contributed by atoms with Crippen LogP contribution < -0.4 is 10.6 Å². The fraction of sp³-hybridized carbons (Fsp3) is 0.250. The molecule has 2 aromatic rings. The molecule has 2 N–H and O–H groups in total. The van der Waals surface area contributed by atoms with Gasteiger partial charge in [0.2, 0.25) is 0 Å². The minimum atomic E-state index is 0.298. The van der Waals surface area contributed by atoms with Crippen LogP contribution in [0.15, 0.2) is 30.7 Å². The number of hydrogen-bond donors (Lipinski definition) is 1. The van der Waals surface area contributed by atoms with Gasteiger partial charge in [0, 0.05) is 31.9 Å². The van der Waals surface area contributed by atoms with Crippen LogP contribution in [0, 0.1) is 0 Å². The van der Waals surface area contributed by atoms with Gasteiger partial charge in [-0.25, -0.2) is 9.97 Å². The molecule has 0 atom stereocenters. The quantitative estimate of drug-likeness (QED) is 0.911. The maximum Gasteiger partial charge on any atom is 0.152 e. The Labute approximate surface area is 111 Å². The third-order valence-electron chi connectivity index (χ3n) is 2.59. The van der Waals surface area contributed by atoms with Crippen LogP contribution in [0.1, 0.15) is 5.69 Å². The van der Waals surface area contributed by atoms with E-state index in [1.807, 2.05) is 30.1 Å². The Kier molecular flexibility index (Phi) is 3.94. The van der Waals surface area contributed by atoms with Crippen LogP contribution in [0.3, 0.4) is 0 Å². The molecule has 6 heteroatoms. The molecule has 18 heavy (non-hydrogen) atoms. The molecule has 94 valence electrons. The van der Waals surface area contributed by atoms with Crippen molar-refractivity contribution >= 4 is 23.2 Å². The molecule has 2 rings (SSSR count). The van der Waals surface area contributed by atoms with Crippen molar-refractivity contribution in [1.82, 2.24) is 15.0 Å². The fourth-order valence-electron chi connectivity index (χ4n) is 1.57. The molecule has 0 aliphatic rings. The molecular formula is C12H14ClN5. The molecule has 0 saturated carbocycles. The largest absolute Gasteiger partial charge is 0.382 e. The molecule has 2 heterocycles. The van der Waals surface area contributed by atoms with Crippen molar-refractivity contribution in [3.8, 4) is 0 Å². The second-order valence-corrected chi connectivity index (χ2v) is 4.27. The summed E-state index contributed by atoms with van der Waals surface area (Å²) >= 11 is 6.06. The van der Waals surface area contributed by atoms with Gasteiger partial charge in [0.25, 0.3) is 0 Å². The van der Waals surface area contributed by atoms with Crippen molar-refractivity contribution in [2.24, 2.45) is 0 Å². The van der Waals surface area contributed by atoms with Crippen LogP contribution in [0.4, 0.5) is 11.6 Å². The molecule has 0 radical (unpaired) electrons. The maximum absolute atomic E-state index is 6.06. The minimum Gasteiger partial charge on any atom is -0.382 e. The zero-order chi connectivity index (χ0) is 13.0. The van der Waals surface area contributed by atoms with E-state index in [0.29, 0.717) is 16.7 Å². The number of aromatic nitrogens is 3. The van der Waals surface area contributed by atoms with E-state index in [9.17, 15) is 0 Å². The van der Waals surface area contributed by atoms with Gasteiger partial charge in [-0.3, -0.25) is 4.98 Å². The number of anilines is 2. The summed E-state index contributed by atoms with van der Waals surface area (Å²) in [5.74, 6) is 0.937. The van der Waals surface area contributed by atoms with Crippen LogP contribution in [-0.2, 0) is 6.42 Å². The summed E-state index contributed by atoms with van der Waals surface area (Å²) < 4.78 is 0. The first-order valence-corrected chi connectivity index (χ1v) is 5.93. The average molecular weight is 264 g/mol. The van der Waals surface area contributed by atoms with Crippen LogP contribution in [-0.4, -0.2) is 28.5 Å². The highest BCUT2D eigenvalue weighted by Crippen LogP contribution is 2.25. The van der Waals surface area contributed by atoms with Gasteiger partial charge < -0.3 is 10.6 Å². The number of hydrogen-bond acceptors (Lipinski definition) is 5. The molecule has 2 aromatic heterocycles. The maximum atomic E-state index is 6.06. The molecule has 5 nitrogen and oxygen atoms in total. The molecule has 0 spiro atoms. The number of nitrogens with two attached hydrogens (primary N) is 1. The Balaban J connectivity index is 2.04. The van der Waals surface area contributed by atoms with Gasteiger partial charge in [-0.2, -0.15) is 0 Å². The smallest absolute Gasteiger partial charge is 0.152 e. The Hall–Kier alpha value is -1.88. The van der Waals surface area contributed by atoms with Crippen LogP contribution in [0.5, 0.6) is 0 Å². The molecule has 0 aliphatic heterocycles. The predicted molar refractivity (Wildman–Crippen MR) is 72.7 cm³/mol. The molecular weight excluding hydrogens is 250 g/mol. The second-order valence-electron chi connectivity index (χ2n) is 3.89. The van der Waals surface area contributed by atoms with Gasteiger partial charge in [-0.15, -0.1) is 0 Å². The SMILES string of the molecule is CN(CCc1ccccn1)c1ncnc(N)c1Cl. The zero-order valence-corrected chi connectivity index (χ0v) is 10.8. The number of rotatable bonds is 4. The minimum absolute atomic E-state index is 0.298. The van der Waals surface area contributed by atoms with E-state index < -0.39 is 0 Å². The fourth-order valence-corrected chi connectivity index (χ4v) is 1.82. The summed E-state index contributed by atoms with van der Waals surface area (Å²) in [7, 11) is 1.91.